The maximum atomic E-state index is 14.2. The minimum absolute atomic E-state index is 0.0620. The molecule has 0 fully saturated rings. The lowest BCUT2D eigenvalue weighted by molar-refractivity contribution is 0.0932. The summed E-state index contributed by atoms with van der Waals surface area (Å²) >= 11 is 0. The van der Waals surface area contributed by atoms with Crippen LogP contribution in [0.4, 0.5) is 8.78 Å². The largest absolute Gasteiger partial charge is 0.482 e. The molecule has 1 N–H and O–H groups in total. The Morgan fingerprint density at radius 3 is 2.47 bits per heavy atom. The van der Waals surface area contributed by atoms with E-state index in [1.165, 1.54) is 18.2 Å². The molecule has 3 aromatic rings. The summed E-state index contributed by atoms with van der Waals surface area (Å²) in [6.45, 7) is 11.8. The number of imidazole rings is 1. The van der Waals surface area contributed by atoms with Gasteiger partial charge in [0.15, 0.2) is 11.4 Å². The van der Waals surface area contributed by atoms with E-state index in [4.69, 9.17) is 4.74 Å². The quantitative estimate of drug-likeness (QED) is 0.627. The first kappa shape index (κ1) is 21.7. The van der Waals surface area contributed by atoms with Gasteiger partial charge in [0.25, 0.3) is 5.91 Å². The second-order valence-electron chi connectivity index (χ2n) is 8.76. The molecule has 0 aliphatic carbocycles. The van der Waals surface area contributed by atoms with Crippen LogP contribution in [0.15, 0.2) is 30.5 Å². The molecule has 2 heterocycles. The number of carbonyl (C=O) groups excluding carboxylic acids is 1. The van der Waals surface area contributed by atoms with E-state index >= 15 is 0 Å². The van der Waals surface area contributed by atoms with Crippen molar-refractivity contribution in [3.05, 3.63) is 64.6 Å². The van der Waals surface area contributed by atoms with E-state index in [-0.39, 0.29) is 16.9 Å². The number of benzene rings is 1. The number of pyridine rings is 1. The number of hydrogen-bond donors (Lipinski definition) is 1. The van der Waals surface area contributed by atoms with E-state index in [2.05, 4.69) is 10.3 Å². The van der Waals surface area contributed by atoms with Crippen LogP contribution in [0.5, 0.6) is 5.75 Å². The average Bonchev–Trinajstić information content (AvgIpc) is 2.95. The van der Waals surface area contributed by atoms with Crippen LogP contribution < -0.4 is 10.1 Å². The highest BCUT2D eigenvalue weighted by Crippen LogP contribution is 2.30. The van der Waals surface area contributed by atoms with Gasteiger partial charge >= 0.3 is 0 Å². The van der Waals surface area contributed by atoms with Gasteiger partial charge in [-0.2, -0.15) is 0 Å². The first-order valence-electron chi connectivity index (χ1n) is 9.86. The zero-order chi connectivity index (χ0) is 22.2. The average molecular weight is 415 g/mol. The highest BCUT2D eigenvalue weighted by Gasteiger charge is 2.23. The Kier molecular flexibility index (Phi) is 5.83. The van der Waals surface area contributed by atoms with Crippen LogP contribution in [0.1, 0.15) is 61.1 Å². The first-order chi connectivity index (χ1) is 14.0. The summed E-state index contributed by atoms with van der Waals surface area (Å²) in [6, 6.07) is 5.45. The third-order valence-corrected chi connectivity index (χ3v) is 4.70. The van der Waals surface area contributed by atoms with Crippen LogP contribution >= 0.6 is 0 Å². The van der Waals surface area contributed by atoms with Gasteiger partial charge in [-0.1, -0.05) is 26.8 Å². The van der Waals surface area contributed by atoms with Gasteiger partial charge in [-0.3, -0.25) is 9.20 Å². The highest BCUT2D eigenvalue weighted by molar-refractivity contribution is 5.95. The molecule has 0 aliphatic heterocycles. The second kappa shape index (κ2) is 8.05. The van der Waals surface area contributed by atoms with Crippen molar-refractivity contribution >= 4 is 11.6 Å². The third kappa shape index (κ3) is 4.45. The molecule has 0 spiro atoms. The number of aryl methyl sites for hydroxylation is 2. The maximum Gasteiger partial charge on any atom is 0.270 e. The van der Waals surface area contributed by atoms with Crippen molar-refractivity contribution in [2.45, 2.75) is 47.6 Å². The van der Waals surface area contributed by atoms with E-state index in [1.807, 2.05) is 27.7 Å². The third-order valence-electron chi connectivity index (χ3n) is 4.70. The molecule has 3 rings (SSSR count). The number of fused-ring (bicyclic) bond motifs is 1. The molecule has 160 valence electrons. The fourth-order valence-corrected chi connectivity index (χ4v) is 3.30. The van der Waals surface area contributed by atoms with Gasteiger partial charge < -0.3 is 10.1 Å². The van der Waals surface area contributed by atoms with E-state index < -0.39 is 17.7 Å². The van der Waals surface area contributed by atoms with Crippen LogP contribution in [0.25, 0.3) is 5.65 Å². The summed E-state index contributed by atoms with van der Waals surface area (Å²) in [7, 11) is 0. The van der Waals surface area contributed by atoms with Crippen molar-refractivity contribution in [2.24, 2.45) is 5.41 Å². The summed E-state index contributed by atoms with van der Waals surface area (Å²) in [5.74, 6) is -1.23. The Hall–Kier alpha value is -2.96. The summed E-state index contributed by atoms with van der Waals surface area (Å²) in [6.07, 6.45) is 0.912. The SMILES string of the molecule is Cc1cc(OC(C)c2c(F)cccc2F)c2nc(C)c(C(=O)NCC(C)(C)C)n2c1. The number of nitrogens with one attached hydrogen (secondary N) is 1. The number of aromatic nitrogens is 2. The lowest BCUT2D eigenvalue weighted by Gasteiger charge is -2.19. The Morgan fingerprint density at radius 2 is 1.87 bits per heavy atom. The molecule has 0 bridgehead atoms. The number of amides is 1. The summed E-state index contributed by atoms with van der Waals surface area (Å²) in [4.78, 5) is 17.3. The first-order valence-corrected chi connectivity index (χ1v) is 9.86. The van der Waals surface area contributed by atoms with Gasteiger partial charge in [0, 0.05) is 12.7 Å². The molecule has 1 atom stereocenters. The molecular weight excluding hydrogens is 388 g/mol. The molecule has 7 heteroatoms. The lowest BCUT2D eigenvalue weighted by Crippen LogP contribution is -2.33. The number of rotatable bonds is 5. The predicted octanol–water partition coefficient (Wildman–Crippen LogP) is 5.15. The summed E-state index contributed by atoms with van der Waals surface area (Å²) in [5.41, 5.74) is 1.98. The molecule has 0 aliphatic rings. The van der Waals surface area contributed by atoms with Gasteiger partial charge in [0.1, 0.15) is 23.4 Å². The smallest absolute Gasteiger partial charge is 0.270 e. The van der Waals surface area contributed by atoms with E-state index in [0.717, 1.165) is 5.56 Å². The molecule has 5 nitrogen and oxygen atoms in total. The molecule has 30 heavy (non-hydrogen) atoms. The van der Waals surface area contributed by atoms with Crippen molar-refractivity contribution in [3.63, 3.8) is 0 Å². The van der Waals surface area contributed by atoms with Crippen LogP contribution in [-0.2, 0) is 0 Å². The Labute approximate surface area is 175 Å². The molecule has 0 saturated carbocycles. The van der Waals surface area contributed by atoms with Crippen molar-refractivity contribution in [1.29, 1.82) is 0 Å². The van der Waals surface area contributed by atoms with Crippen molar-refractivity contribution in [1.82, 2.24) is 14.7 Å². The molecule has 2 aromatic heterocycles. The van der Waals surface area contributed by atoms with E-state index in [1.54, 1.807) is 30.5 Å². The van der Waals surface area contributed by atoms with Crippen LogP contribution in [0, 0.1) is 30.9 Å². The number of hydrogen-bond acceptors (Lipinski definition) is 3. The molecule has 1 amide bonds. The number of carbonyl (C=O) groups is 1. The molecule has 0 radical (unpaired) electrons. The predicted molar refractivity (Wildman–Crippen MR) is 112 cm³/mol. The minimum Gasteiger partial charge on any atom is -0.482 e. The van der Waals surface area contributed by atoms with Crippen molar-refractivity contribution < 1.29 is 18.3 Å². The van der Waals surface area contributed by atoms with Gasteiger partial charge in [-0.05, 0) is 49.9 Å². The second-order valence-corrected chi connectivity index (χ2v) is 8.76. The lowest BCUT2D eigenvalue weighted by atomic mass is 9.97. The summed E-state index contributed by atoms with van der Waals surface area (Å²) in [5, 5.41) is 2.94. The van der Waals surface area contributed by atoms with Gasteiger partial charge in [0.2, 0.25) is 0 Å². The van der Waals surface area contributed by atoms with Gasteiger partial charge in [-0.15, -0.1) is 0 Å². The minimum atomic E-state index is -0.882. The van der Waals surface area contributed by atoms with Crippen molar-refractivity contribution in [2.75, 3.05) is 6.54 Å². The van der Waals surface area contributed by atoms with Gasteiger partial charge in [-0.25, -0.2) is 13.8 Å². The fourth-order valence-electron chi connectivity index (χ4n) is 3.30. The molecule has 0 saturated heterocycles. The standard InChI is InChI=1S/C23H27F2N3O2/c1-13-10-18(30-15(3)19-16(24)8-7-9-17(19)25)21-27-14(2)20(28(21)11-13)22(29)26-12-23(4,5)6/h7-11,15H,12H2,1-6H3,(H,26,29). The zero-order valence-electron chi connectivity index (χ0n) is 18.1. The van der Waals surface area contributed by atoms with Gasteiger partial charge in [0.05, 0.1) is 11.3 Å². The summed E-state index contributed by atoms with van der Waals surface area (Å²) < 4.78 is 35.9. The van der Waals surface area contributed by atoms with E-state index in [0.29, 0.717) is 29.3 Å². The highest BCUT2D eigenvalue weighted by atomic mass is 19.1. The monoisotopic (exact) mass is 415 g/mol. The van der Waals surface area contributed by atoms with Crippen LogP contribution in [0.2, 0.25) is 0 Å². The maximum absolute atomic E-state index is 14.2. The van der Waals surface area contributed by atoms with Crippen molar-refractivity contribution in [3.8, 4) is 5.75 Å². The molecule has 1 unspecified atom stereocenters. The normalized spacial score (nSPS) is 12.8. The van der Waals surface area contributed by atoms with E-state index in [9.17, 15) is 13.6 Å². The van der Waals surface area contributed by atoms with Crippen LogP contribution in [0.3, 0.4) is 0 Å². The Bertz CT molecular complexity index is 1080. The molecule has 1 aromatic carbocycles. The Balaban J connectivity index is 2.00. The fraction of sp³-hybridized carbons (Fsp3) is 0.391. The zero-order valence-corrected chi connectivity index (χ0v) is 18.1. The molecular formula is C23H27F2N3O2. The van der Waals surface area contributed by atoms with Crippen LogP contribution in [-0.4, -0.2) is 21.8 Å². The number of nitrogens with zero attached hydrogens (tertiary/aromatic N) is 2. The number of halogens is 2. The Morgan fingerprint density at radius 1 is 1.23 bits per heavy atom. The number of ether oxygens (including phenoxy) is 1. The topological polar surface area (TPSA) is 55.6 Å².